The minimum atomic E-state index is -2.41. The normalized spacial score (nSPS) is 30.7. The smallest absolute Gasteiger partial charge is 0.338 e. The lowest BCUT2D eigenvalue weighted by Gasteiger charge is -2.52. The average Bonchev–Trinajstić information content (AvgIpc) is 2.92. The number of hydrogen-bond acceptors (Lipinski definition) is 5. The third-order valence-electron chi connectivity index (χ3n) is 9.31. The summed E-state index contributed by atoms with van der Waals surface area (Å²) in [6.07, 6.45) is 4.59. The van der Waals surface area contributed by atoms with Gasteiger partial charge in [-0.15, -0.1) is 11.6 Å². The fraction of sp³-hybridized carbons (Fsp3) is 0.923. The van der Waals surface area contributed by atoms with Gasteiger partial charge in [0.15, 0.2) is 13.9 Å². The van der Waals surface area contributed by atoms with E-state index in [-0.39, 0.29) is 34.7 Å². The molecule has 2 N–H and O–H groups in total. The average molecular weight is 548 g/mol. The van der Waals surface area contributed by atoms with Crippen LogP contribution in [0.1, 0.15) is 87.0 Å². The monoisotopic (exact) mass is 547 g/mol. The zero-order chi connectivity index (χ0) is 27.0. The molecule has 0 aromatic rings. The van der Waals surface area contributed by atoms with Gasteiger partial charge in [0.25, 0.3) is 0 Å². The molecule has 5 unspecified atom stereocenters. The summed E-state index contributed by atoms with van der Waals surface area (Å²) in [5.74, 6) is -1.53. The van der Waals surface area contributed by atoms with Crippen LogP contribution < -0.4 is 5.32 Å². The SMILES string of the molecule is CC([SiH3])C(C)(C)OC(=O)C1(C(O[Si](C)(C)C(C)(C)C)C2CCCCC2)NC(=O)C(CCCl)C1(C)O. The molecule has 2 fully saturated rings. The minimum Gasteiger partial charge on any atom is -0.458 e. The van der Waals surface area contributed by atoms with Crippen LogP contribution in [-0.4, -0.2) is 64.3 Å². The molecule has 35 heavy (non-hydrogen) atoms. The molecule has 9 heteroatoms. The van der Waals surface area contributed by atoms with Crippen LogP contribution in [0.3, 0.4) is 0 Å². The topological polar surface area (TPSA) is 84.9 Å². The molecule has 1 saturated heterocycles. The highest BCUT2D eigenvalue weighted by Gasteiger charge is 2.71. The molecule has 6 nitrogen and oxygen atoms in total. The molecule has 0 aromatic carbocycles. The molecule has 1 heterocycles. The van der Waals surface area contributed by atoms with E-state index >= 15 is 0 Å². The Kier molecular flexibility index (Phi) is 9.46. The second kappa shape index (κ2) is 10.8. The molecule has 5 atom stereocenters. The Bertz CT molecular complexity index is 774. The van der Waals surface area contributed by atoms with Gasteiger partial charge in [-0.1, -0.05) is 47.0 Å². The van der Waals surface area contributed by atoms with E-state index in [4.69, 9.17) is 20.8 Å². The van der Waals surface area contributed by atoms with Crippen molar-refractivity contribution in [3.8, 4) is 0 Å². The second-order valence-corrected chi connectivity index (χ2v) is 20.2. The van der Waals surface area contributed by atoms with Crippen molar-refractivity contribution >= 4 is 42.0 Å². The molecule has 2 aliphatic rings. The Labute approximate surface area is 222 Å². The molecule has 1 aliphatic carbocycles. The van der Waals surface area contributed by atoms with Gasteiger partial charge in [0, 0.05) is 16.1 Å². The Morgan fingerprint density at radius 3 is 2.23 bits per heavy atom. The molecular weight excluding hydrogens is 498 g/mol. The van der Waals surface area contributed by atoms with E-state index in [1.165, 1.54) is 0 Å². The quantitative estimate of drug-likeness (QED) is 0.255. The van der Waals surface area contributed by atoms with Crippen LogP contribution in [0, 0.1) is 11.8 Å². The van der Waals surface area contributed by atoms with Crippen LogP contribution in [0.4, 0.5) is 0 Å². The Balaban J connectivity index is 2.75. The number of hydrogen-bond donors (Lipinski definition) is 2. The maximum Gasteiger partial charge on any atom is 0.338 e. The lowest BCUT2D eigenvalue weighted by molar-refractivity contribution is -0.188. The lowest BCUT2D eigenvalue weighted by Crippen LogP contribution is -2.73. The van der Waals surface area contributed by atoms with E-state index in [9.17, 15) is 14.7 Å². The summed E-state index contributed by atoms with van der Waals surface area (Å²) in [5, 5.41) is 15.1. The number of nitrogens with one attached hydrogen (secondary N) is 1. The molecular formula is C26H50ClNO5Si2. The minimum absolute atomic E-state index is 0.0310. The van der Waals surface area contributed by atoms with Crippen molar-refractivity contribution in [2.45, 2.75) is 134 Å². The first kappa shape index (κ1) is 30.8. The molecule has 204 valence electrons. The van der Waals surface area contributed by atoms with E-state index in [0.717, 1.165) is 42.3 Å². The highest BCUT2D eigenvalue weighted by atomic mass is 35.5. The van der Waals surface area contributed by atoms with Crippen LogP contribution in [0.2, 0.25) is 23.7 Å². The van der Waals surface area contributed by atoms with E-state index in [0.29, 0.717) is 0 Å². The number of alkyl halides is 1. The molecule has 1 aliphatic heterocycles. The van der Waals surface area contributed by atoms with Crippen molar-refractivity contribution in [2.75, 3.05) is 5.88 Å². The van der Waals surface area contributed by atoms with Gasteiger partial charge in [-0.25, -0.2) is 4.79 Å². The van der Waals surface area contributed by atoms with Crippen molar-refractivity contribution in [1.29, 1.82) is 0 Å². The van der Waals surface area contributed by atoms with Gasteiger partial charge in [-0.2, -0.15) is 0 Å². The lowest BCUT2D eigenvalue weighted by atomic mass is 9.67. The summed E-state index contributed by atoms with van der Waals surface area (Å²) in [6.45, 7) is 18.3. The van der Waals surface area contributed by atoms with Crippen molar-refractivity contribution in [3.63, 3.8) is 0 Å². The molecule has 2 rings (SSSR count). The van der Waals surface area contributed by atoms with Crippen molar-refractivity contribution in [3.05, 3.63) is 0 Å². The molecule has 0 spiro atoms. The summed E-state index contributed by atoms with van der Waals surface area (Å²) in [5.41, 5.74) is -3.97. The molecule has 0 bridgehead atoms. The predicted octanol–water partition coefficient (Wildman–Crippen LogP) is 4.32. The van der Waals surface area contributed by atoms with Gasteiger partial charge in [0.1, 0.15) is 11.2 Å². The Morgan fingerprint density at radius 2 is 1.77 bits per heavy atom. The van der Waals surface area contributed by atoms with E-state index in [1.807, 2.05) is 13.8 Å². The van der Waals surface area contributed by atoms with Crippen molar-refractivity contribution < 1.29 is 23.9 Å². The standard InChI is InChI=1S/C26H50ClNO5Si2/c1-17(34)24(5,6)32-22(30)26(25(7,31)19(15-16-27)21(29)28-26)20(18-13-11-10-12-14-18)33-35(8,9)23(2,3)4/h17-20,31H,10-16H2,1-9,34H3,(H,28,29). The summed E-state index contributed by atoms with van der Waals surface area (Å²) >= 11 is 6.06. The first-order valence-corrected chi connectivity index (χ1v) is 18.0. The van der Waals surface area contributed by atoms with Gasteiger partial charge in [-0.05, 0) is 69.6 Å². The maximum atomic E-state index is 14.3. The number of rotatable bonds is 9. The van der Waals surface area contributed by atoms with Crippen LogP contribution in [0.5, 0.6) is 0 Å². The maximum absolute atomic E-state index is 14.3. The van der Waals surface area contributed by atoms with Crippen LogP contribution >= 0.6 is 11.6 Å². The number of carbonyl (C=O) groups excluding carboxylic acids is 2. The van der Waals surface area contributed by atoms with Gasteiger partial charge in [-0.3, -0.25) is 4.79 Å². The highest BCUT2D eigenvalue weighted by Crippen LogP contribution is 2.50. The molecule has 1 saturated carbocycles. The van der Waals surface area contributed by atoms with Crippen LogP contribution in [0.25, 0.3) is 0 Å². The fourth-order valence-electron chi connectivity index (χ4n) is 5.10. The third-order valence-corrected chi connectivity index (χ3v) is 15.4. The number of ether oxygens (including phenoxy) is 1. The zero-order valence-corrected chi connectivity index (χ0v) is 27.5. The molecule has 0 radical (unpaired) electrons. The first-order valence-electron chi connectivity index (χ1n) is 13.4. The summed E-state index contributed by atoms with van der Waals surface area (Å²) in [7, 11) is -1.57. The number of aliphatic hydroxyl groups is 1. The first-order chi connectivity index (χ1) is 15.8. The summed E-state index contributed by atoms with van der Waals surface area (Å²) in [4.78, 5) is 27.7. The largest absolute Gasteiger partial charge is 0.458 e. The van der Waals surface area contributed by atoms with Gasteiger partial charge >= 0.3 is 5.97 Å². The van der Waals surface area contributed by atoms with Gasteiger partial charge in [0.2, 0.25) is 5.91 Å². The molecule has 1 amide bonds. The second-order valence-electron chi connectivity index (χ2n) is 13.3. The van der Waals surface area contributed by atoms with Crippen molar-refractivity contribution in [2.24, 2.45) is 11.8 Å². The van der Waals surface area contributed by atoms with Crippen molar-refractivity contribution in [1.82, 2.24) is 5.32 Å². The van der Waals surface area contributed by atoms with Gasteiger partial charge < -0.3 is 19.6 Å². The van der Waals surface area contributed by atoms with Gasteiger partial charge in [0.05, 0.1) is 12.0 Å². The number of halogens is 1. The fourth-order valence-corrected chi connectivity index (χ4v) is 6.79. The Hall–Kier alpha value is -0.416. The van der Waals surface area contributed by atoms with Crippen LogP contribution in [-0.2, 0) is 18.8 Å². The van der Waals surface area contributed by atoms with E-state index in [2.05, 4.69) is 46.1 Å². The van der Waals surface area contributed by atoms with Crippen LogP contribution in [0.15, 0.2) is 0 Å². The highest BCUT2D eigenvalue weighted by molar-refractivity contribution is 6.74. The zero-order valence-electron chi connectivity index (χ0n) is 23.7. The number of carbonyl (C=O) groups is 2. The molecule has 0 aromatic heterocycles. The Morgan fingerprint density at radius 1 is 1.23 bits per heavy atom. The number of amides is 1. The summed E-state index contributed by atoms with van der Waals surface area (Å²) in [6, 6.07) is 0. The third kappa shape index (κ3) is 5.86. The number of esters is 1. The van der Waals surface area contributed by atoms with E-state index < -0.39 is 43.0 Å². The van der Waals surface area contributed by atoms with E-state index in [1.54, 1.807) is 6.92 Å². The summed E-state index contributed by atoms with van der Waals surface area (Å²) < 4.78 is 13.3. The predicted molar refractivity (Wildman–Crippen MR) is 149 cm³/mol.